The van der Waals surface area contributed by atoms with Crippen molar-refractivity contribution in [1.29, 1.82) is 0 Å². The number of carbonyl (C=O) groups is 1. The number of likely N-dealkylation sites (tertiary alicyclic amines) is 1. The normalized spacial score (nSPS) is 17.1. The Morgan fingerprint density at radius 2 is 2.04 bits per heavy atom. The van der Waals surface area contributed by atoms with E-state index in [9.17, 15) is 4.79 Å². The number of nitrogens with zero attached hydrogens (tertiary/aromatic N) is 4. The first-order valence-electron chi connectivity index (χ1n) is 9.53. The van der Waals surface area contributed by atoms with Crippen LogP contribution in [0.25, 0.3) is 16.8 Å². The van der Waals surface area contributed by atoms with Crippen LogP contribution < -0.4 is 0 Å². The fourth-order valence-electron chi connectivity index (χ4n) is 3.81. The zero-order valence-electron chi connectivity index (χ0n) is 15.4. The lowest BCUT2D eigenvalue weighted by Crippen LogP contribution is -2.39. The molecule has 1 aliphatic rings. The average molecular weight is 372 g/mol. The van der Waals surface area contributed by atoms with Gasteiger partial charge in [0.1, 0.15) is 5.52 Å². The lowest BCUT2D eigenvalue weighted by molar-refractivity contribution is 0.0699. The fraction of sp³-hybridized carbons (Fsp3) is 0.227. The Morgan fingerprint density at radius 1 is 1.11 bits per heavy atom. The zero-order chi connectivity index (χ0) is 18.9. The van der Waals surface area contributed by atoms with Crippen LogP contribution in [0.3, 0.4) is 0 Å². The summed E-state index contributed by atoms with van der Waals surface area (Å²) >= 11 is 0. The van der Waals surface area contributed by atoms with Crippen LogP contribution in [-0.4, -0.2) is 38.7 Å². The summed E-state index contributed by atoms with van der Waals surface area (Å²) in [7, 11) is 0. The molecule has 0 bridgehead atoms. The van der Waals surface area contributed by atoms with E-state index in [4.69, 9.17) is 4.42 Å². The van der Waals surface area contributed by atoms with Crippen molar-refractivity contribution in [1.82, 2.24) is 19.7 Å². The molecule has 0 aliphatic carbocycles. The molecule has 6 nitrogen and oxygen atoms in total. The molecule has 0 radical (unpaired) electrons. The minimum atomic E-state index is 0.0369. The van der Waals surface area contributed by atoms with Crippen LogP contribution >= 0.6 is 0 Å². The van der Waals surface area contributed by atoms with Crippen LogP contribution in [0.15, 0.2) is 71.4 Å². The van der Waals surface area contributed by atoms with Gasteiger partial charge in [-0.3, -0.25) is 4.79 Å². The number of carbonyl (C=O) groups excluding carboxylic acids is 1. The highest BCUT2D eigenvalue weighted by Crippen LogP contribution is 2.29. The molecule has 3 heterocycles. The highest BCUT2D eigenvalue weighted by molar-refractivity contribution is 5.94. The number of aromatic nitrogens is 3. The first-order chi connectivity index (χ1) is 13.8. The molecule has 0 N–H and O–H groups in total. The lowest BCUT2D eigenvalue weighted by atomic mass is 9.97. The number of amides is 1. The minimum absolute atomic E-state index is 0.0369. The minimum Gasteiger partial charge on any atom is -0.440 e. The fourth-order valence-corrected chi connectivity index (χ4v) is 3.81. The highest BCUT2D eigenvalue weighted by Gasteiger charge is 2.28. The van der Waals surface area contributed by atoms with Gasteiger partial charge < -0.3 is 9.32 Å². The van der Waals surface area contributed by atoms with Gasteiger partial charge in [-0.1, -0.05) is 18.2 Å². The molecule has 4 aromatic rings. The number of benzene rings is 2. The summed E-state index contributed by atoms with van der Waals surface area (Å²) in [6.45, 7) is 1.37. The topological polar surface area (TPSA) is 64.2 Å². The van der Waals surface area contributed by atoms with Crippen LogP contribution in [0.1, 0.15) is 35.0 Å². The molecule has 1 amide bonds. The Bertz CT molecular complexity index is 1080. The van der Waals surface area contributed by atoms with Crippen LogP contribution in [0.4, 0.5) is 0 Å². The number of hydrogen-bond donors (Lipinski definition) is 0. The summed E-state index contributed by atoms with van der Waals surface area (Å²) in [6.07, 6.45) is 5.51. The predicted octanol–water partition coefficient (Wildman–Crippen LogP) is 4.03. The number of piperidine rings is 1. The van der Waals surface area contributed by atoms with Crippen molar-refractivity contribution in [2.24, 2.45) is 0 Å². The molecule has 2 aromatic heterocycles. The summed E-state index contributed by atoms with van der Waals surface area (Å²) in [6, 6.07) is 17.2. The molecule has 1 aliphatic heterocycles. The molecule has 6 heteroatoms. The molecule has 1 saturated heterocycles. The summed E-state index contributed by atoms with van der Waals surface area (Å²) < 4.78 is 7.71. The van der Waals surface area contributed by atoms with Gasteiger partial charge in [-0.25, -0.2) is 9.67 Å². The van der Waals surface area contributed by atoms with E-state index in [-0.39, 0.29) is 11.8 Å². The number of oxazole rings is 1. The molecule has 0 unspecified atom stereocenters. The second-order valence-corrected chi connectivity index (χ2v) is 7.11. The van der Waals surface area contributed by atoms with Crippen molar-refractivity contribution in [2.45, 2.75) is 18.8 Å². The molecule has 2 aromatic carbocycles. The van der Waals surface area contributed by atoms with E-state index in [1.165, 1.54) is 0 Å². The maximum Gasteiger partial charge on any atom is 0.253 e. The standard InChI is InChI=1S/C22H20N4O2/c27-22(16-6-3-8-18(14-16)26-13-5-11-23-26)25-12-4-7-17(15-25)21-24-19-9-1-2-10-20(19)28-21/h1-3,5-6,8-11,13-14,17H,4,7,12,15H2/t17-/m0/s1. The van der Waals surface area contributed by atoms with Crippen molar-refractivity contribution in [3.63, 3.8) is 0 Å². The third-order valence-corrected chi connectivity index (χ3v) is 5.23. The van der Waals surface area contributed by atoms with Gasteiger partial charge in [-0.05, 0) is 49.2 Å². The Labute approximate surface area is 162 Å². The average Bonchev–Trinajstić information content (AvgIpc) is 3.43. The van der Waals surface area contributed by atoms with Crippen molar-refractivity contribution < 1.29 is 9.21 Å². The largest absolute Gasteiger partial charge is 0.440 e. The van der Waals surface area contributed by atoms with Crippen LogP contribution in [0.5, 0.6) is 0 Å². The van der Waals surface area contributed by atoms with Crippen molar-refractivity contribution in [3.8, 4) is 5.69 Å². The van der Waals surface area contributed by atoms with E-state index in [1.54, 1.807) is 10.9 Å². The van der Waals surface area contributed by atoms with Gasteiger partial charge in [-0.15, -0.1) is 0 Å². The molecule has 28 heavy (non-hydrogen) atoms. The van der Waals surface area contributed by atoms with Gasteiger partial charge in [0.05, 0.1) is 11.6 Å². The van der Waals surface area contributed by atoms with Crippen molar-refractivity contribution >= 4 is 17.0 Å². The van der Waals surface area contributed by atoms with Crippen LogP contribution in [0.2, 0.25) is 0 Å². The Balaban J connectivity index is 1.37. The Kier molecular flexibility index (Phi) is 4.16. The van der Waals surface area contributed by atoms with Crippen LogP contribution in [0, 0.1) is 0 Å². The molecule has 0 saturated carbocycles. The van der Waals surface area contributed by atoms with Gasteiger partial charge in [0, 0.05) is 31.0 Å². The SMILES string of the molecule is O=C(c1cccc(-n2cccn2)c1)N1CCC[C@H](c2nc3ccccc3o2)C1. The van der Waals surface area contributed by atoms with Crippen molar-refractivity contribution in [3.05, 3.63) is 78.4 Å². The number of fused-ring (bicyclic) bond motifs is 1. The van der Waals surface area contributed by atoms with E-state index < -0.39 is 0 Å². The molecule has 140 valence electrons. The summed E-state index contributed by atoms with van der Waals surface area (Å²) in [4.78, 5) is 19.7. The Hall–Kier alpha value is -3.41. The van der Waals surface area contributed by atoms with E-state index in [0.717, 1.165) is 42.1 Å². The van der Waals surface area contributed by atoms with Gasteiger partial charge in [-0.2, -0.15) is 5.10 Å². The smallest absolute Gasteiger partial charge is 0.253 e. The summed E-state index contributed by atoms with van der Waals surface area (Å²) in [5.74, 6) is 0.887. The van der Waals surface area contributed by atoms with Crippen molar-refractivity contribution in [2.75, 3.05) is 13.1 Å². The Morgan fingerprint density at radius 3 is 2.89 bits per heavy atom. The van der Waals surface area contributed by atoms with Gasteiger partial charge in [0.15, 0.2) is 11.5 Å². The third-order valence-electron chi connectivity index (χ3n) is 5.23. The lowest BCUT2D eigenvalue weighted by Gasteiger charge is -2.31. The van der Waals surface area contributed by atoms with E-state index >= 15 is 0 Å². The molecule has 0 spiro atoms. The maximum atomic E-state index is 13.1. The number of rotatable bonds is 3. The van der Waals surface area contributed by atoms with Gasteiger partial charge in [0.25, 0.3) is 5.91 Å². The molecular formula is C22H20N4O2. The molecule has 5 rings (SSSR count). The van der Waals surface area contributed by atoms with E-state index in [1.807, 2.05) is 65.7 Å². The van der Waals surface area contributed by atoms with Crippen LogP contribution in [-0.2, 0) is 0 Å². The predicted molar refractivity (Wildman–Crippen MR) is 105 cm³/mol. The third kappa shape index (κ3) is 3.07. The van der Waals surface area contributed by atoms with E-state index in [0.29, 0.717) is 12.1 Å². The van der Waals surface area contributed by atoms with Gasteiger partial charge in [0.2, 0.25) is 0 Å². The molecule has 1 fully saturated rings. The number of para-hydroxylation sites is 2. The monoisotopic (exact) mass is 372 g/mol. The van der Waals surface area contributed by atoms with E-state index in [2.05, 4.69) is 10.1 Å². The second kappa shape index (κ2) is 6.96. The maximum absolute atomic E-state index is 13.1. The van der Waals surface area contributed by atoms with Gasteiger partial charge >= 0.3 is 0 Å². The number of hydrogen-bond acceptors (Lipinski definition) is 4. The first-order valence-corrected chi connectivity index (χ1v) is 9.53. The first kappa shape index (κ1) is 16.7. The summed E-state index contributed by atoms with van der Waals surface area (Å²) in [5.41, 5.74) is 3.22. The molecular weight excluding hydrogens is 352 g/mol. The highest BCUT2D eigenvalue weighted by atomic mass is 16.3. The molecule has 1 atom stereocenters. The summed E-state index contributed by atoms with van der Waals surface area (Å²) in [5, 5.41) is 4.24. The zero-order valence-corrected chi connectivity index (χ0v) is 15.4. The quantitative estimate of drug-likeness (QED) is 0.545. The second-order valence-electron chi connectivity index (χ2n) is 7.11.